The van der Waals surface area contributed by atoms with Gasteiger partial charge in [0.2, 0.25) is 5.91 Å². The van der Waals surface area contributed by atoms with Gasteiger partial charge in [0, 0.05) is 0 Å². The molecule has 1 atom stereocenters. The number of fused-ring (bicyclic) bond motifs is 1. The first-order valence-electron chi connectivity index (χ1n) is 10.8. The molecular formula is C25H26N4O2S. The molecule has 1 aliphatic rings. The lowest BCUT2D eigenvalue weighted by molar-refractivity contribution is -0.119. The van der Waals surface area contributed by atoms with Crippen molar-refractivity contribution in [3.8, 4) is 11.8 Å². The number of nitrogens with zero attached hydrogens (tertiary/aromatic N) is 3. The Hall–Kier alpha value is -3.11. The van der Waals surface area contributed by atoms with Gasteiger partial charge in [-0.25, -0.2) is 4.98 Å². The van der Waals surface area contributed by atoms with E-state index in [1.54, 1.807) is 23.6 Å². The number of hydrogen-bond acceptors (Lipinski definition) is 5. The Kier molecular flexibility index (Phi) is 6.07. The normalized spacial score (nSPS) is 15.3. The maximum atomic E-state index is 13.5. The fourth-order valence-electron chi connectivity index (χ4n) is 3.94. The number of aromatic nitrogens is 2. The lowest BCUT2D eigenvalue weighted by atomic mass is 9.98. The van der Waals surface area contributed by atoms with Crippen molar-refractivity contribution in [2.24, 2.45) is 5.92 Å². The number of hydrogen-bond donors (Lipinski definition) is 1. The van der Waals surface area contributed by atoms with Crippen LogP contribution in [0.25, 0.3) is 16.6 Å². The van der Waals surface area contributed by atoms with Crippen LogP contribution in [-0.4, -0.2) is 26.8 Å². The topological polar surface area (TPSA) is 87.8 Å². The summed E-state index contributed by atoms with van der Waals surface area (Å²) in [5, 5.41) is 13.4. The summed E-state index contributed by atoms with van der Waals surface area (Å²) in [5.74, 6) is 0.243. The van der Waals surface area contributed by atoms with Crippen molar-refractivity contribution >= 4 is 28.6 Å². The van der Waals surface area contributed by atoms with Crippen LogP contribution in [0, 0.1) is 17.2 Å². The van der Waals surface area contributed by atoms with Crippen LogP contribution in [0.1, 0.15) is 45.1 Å². The van der Waals surface area contributed by atoms with E-state index in [2.05, 4.69) is 25.2 Å². The van der Waals surface area contributed by atoms with Crippen molar-refractivity contribution in [1.29, 1.82) is 5.26 Å². The van der Waals surface area contributed by atoms with Crippen molar-refractivity contribution in [2.45, 2.75) is 50.2 Å². The molecule has 1 amide bonds. The lowest BCUT2D eigenvalue weighted by Gasteiger charge is -2.23. The molecular weight excluding hydrogens is 420 g/mol. The Labute approximate surface area is 191 Å². The summed E-state index contributed by atoms with van der Waals surface area (Å²) in [4.78, 5) is 30.9. The molecule has 1 heterocycles. The van der Waals surface area contributed by atoms with Gasteiger partial charge in [-0.1, -0.05) is 55.9 Å². The average Bonchev–Trinajstić information content (AvgIpc) is 3.64. The van der Waals surface area contributed by atoms with Crippen LogP contribution in [0.5, 0.6) is 0 Å². The third kappa shape index (κ3) is 4.28. The van der Waals surface area contributed by atoms with Gasteiger partial charge in [-0.15, -0.1) is 0 Å². The van der Waals surface area contributed by atoms with E-state index in [1.807, 2.05) is 36.4 Å². The minimum atomic E-state index is -0.849. The number of para-hydroxylation sites is 2. The van der Waals surface area contributed by atoms with Crippen molar-refractivity contribution in [3.63, 3.8) is 0 Å². The molecule has 0 aliphatic heterocycles. The molecule has 7 heteroatoms. The van der Waals surface area contributed by atoms with Gasteiger partial charge < -0.3 is 5.32 Å². The monoisotopic (exact) mass is 446 g/mol. The van der Waals surface area contributed by atoms with E-state index in [0.717, 1.165) is 24.1 Å². The molecule has 0 bridgehead atoms. The highest BCUT2D eigenvalue weighted by Crippen LogP contribution is 2.39. The van der Waals surface area contributed by atoms with E-state index in [1.165, 1.54) is 11.8 Å². The second-order valence-corrected chi connectivity index (χ2v) is 9.63. The van der Waals surface area contributed by atoms with Crippen LogP contribution in [0.3, 0.4) is 0 Å². The van der Waals surface area contributed by atoms with Crippen molar-refractivity contribution in [2.75, 3.05) is 5.75 Å². The third-order valence-electron chi connectivity index (χ3n) is 5.90. The minimum Gasteiger partial charge on any atom is -0.337 e. The summed E-state index contributed by atoms with van der Waals surface area (Å²) in [6.07, 6.45) is 1.91. The number of rotatable bonds is 7. The Balaban J connectivity index is 1.73. The molecule has 4 rings (SSSR count). The molecule has 1 fully saturated rings. The number of carbonyl (C=O) groups is 1. The average molecular weight is 447 g/mol. The van der Waals surface area contributed by atoms with Gasteiger partial charge in [-0.3, -0.25) is 14.2 Å². The highest BCUT2D eigenvalue weighted by atomic mass is 32.2. The maximum Gasteiger partial charge on any atom is 0.266 e. The van der Waals surface area contributed by atoms with Crippen LogP contribution in [-0.2, 0) is 4.79 Å². The molecule has 0 radical (unpaired) electrons. The second-order valence-electron chi connectivity index (χ2n) is 8.69. The number of thioether (sulfide) groups is 1. The van der Waals surface area contributed by atoms with Crippen LogP contribution in [0.2, 0.25) is 0 Å². The summed E-state index contributed by atoms with van der Waals surface area (Å²) in [7, 11) is 0. The molecule has 2 aromatic carbocycles. The Bertz CT molecular complexity index is 1270. The number of carbonyl (C=O) groups excluding carboxylic acids is 1. The zero-order chi connectivity index (χ0) is 22.9. The van der Waals surface area contributed by atoms with Crippen LogP contribution in [0.4, 0.5) is 0 Å². The largest absolute Gasteiger partial charge is 0.337 e. The van der Waals surface area contributed by atoms with Crippen molar-refractivity contribution < 1.29 is 4.79 Å². The molecule has 164 valence electrons. The summed E-state index contributed by atoms with van der Waals surface area (Å²) in [6.45, 7) is 5.94. The minimum absolute atomic E-state index is 0.0681. The zero-order valence-corrected chi connectivity index (χ0v) is 19.3. The summed E-state index contributed by atoms with van der Waals surface area (Å²) in [5.41, 5.74) is 1.39. The summed E-state index contributed by atoms with van der Waals surface area (Å²) in [6, 6.07) is 17.3. The Morgan fingerprint density at radius 2 is 1.94 bits per heavy atom. The smallest absolute Gasteiger partial charge is 0.266 e. The van der Waals surface area contributed by atoms with Gasteiger partial charge in [0.1, 0.15) is 5.54 Å². The summed E-state index contributed by atoms with van der Waals surface area (Å²) >= 11 is 1.21. The van der Waals surface area contributed by atoms with E-state index >= 15 is 0 Å². The summed E-state index contributed by atoms with van der Waals surface area (Å²) < 4.78 is 1.61. The van der Waals surface area contributed by atoms with Gasteiger partial charge in [-0.05, 0) is 55.4 Å². The third-order valence-corrected chi connectivity index (χ3v) is 6.84. The number of nitrogens with one attached hydrogen (secondary N) is 1. The molecule has 1 N–H and O–H groups in total. The van der Waals surface area contributed by atoms with Crippen molar-refractivity contribution in [1.82, 2.24) is 14.9 Å². The highest BCUT2D eigenvalue weighted by Gasteiger charge is 2.43. The first-order chi connectivity index (χ1) is 15.3. The molecule has 1 aliphatic carbocycles. The number of amides is 1. The van der Waals surface area contributed by atoms with Crippen LogP contribution in [0.15, 0.2) is 58.5 Å². The maximum absolute atomic E-state index is 13.5. The predicted octanol–water partition coefficient (Wildman–Crippen LogP) is 4.41. The predicted molar refractivity (Wildman–Crippen MR) is 127 cm³/mol. The molecule has 6 nitrogen and oxygen atoms in total. The fraction of sp³-hybridized carbons (Fsp3) is 0.360. The second kappa shape index (κ2) is 8.79. The Morgan fingerprint density at radius 3 is 2.62 bits per heavy atom. The molecule has 1 aromatic heterocycles. The van der Waals surface area contributed by atoms with Crippen LogP contribution >= 0.6 is 11.8 Å². The number of benzene rings is 2. The quantitative estimate of drug-likeness (QED) is 0.429. The lowest BCUT2D eigenvalue weighted by Crippen LogP contribution is -2.47. The zero-order valence-electron chi connectivity index (χ0n) is 18.5. The van der Waals surface area contributed by atoms with Gasteiger partial charge in [0.25, 0.3) is 5.56 Å². The fourth-order valence-corrected chi connectivity index (χ4v) is 4.74. The molecule has 32 heavy (non-hydrogen) atoms. The van der Waals surface area contributed by atoms with E-state index < -0.39 is 5.54 Å². The number of nitriles is 1. The molecule has 0 unspecified atom stereocenters. The standard InChI is InChI=1S/C25H26N4O2S/c1-16(2)18-8-5-7-11-21(18)29-23(31)19-9-4-6-10-20(19)27-24(29)32-14-22(30)28-25(3,15-26)17-12-13-17/h4-11,16-17H,12-14H2,1-3H3,(H,28,30)/t25-/m1/s1. The van der Waals surface area contributed by atoms with E-state index in [4.69, 9.17) is 4.98 Å². The van der Waals surface area contributed by atoms with Gasteiger partial charge >= 0.3 is 0 Å². The molecule has 0 saturated heterocycles. The van der Waals surface area contributed by atoms with E-state index in [-0.39, 0.29) is 29.1 Å². The first kappa shape index (κ1) is 22.1. The van der Waals surface area contributed by atoms with Gasteiger partial charge in [0.05, 0.1) is 28.4 Å². The molecule has 0 spiro atoms. The van der Waals surface area contributed by atoms with E-state index in [9.17, 15) is 14.9 Å². The van der Waals surface area contributed by atoms with Gasteiger partial charge in [0.15, 0.2) is 5.16 Å². The van der Waals surface area contributed by atoms with Crippen molar-refractivity contribution in [3.05, 3.63) is 64.4 Å². The highest BCUT2D eigenvalue weighted by molar-refractivity contribution is 7.99. The molecule has 1 saturated carbocycles. The molecule has 3 aromatic rings. The first-order valence-corrected chi connectivity index (χ1v) is 11.8. The SMILES string of the molecule is CC(C)c1ccccc1-n1c(SCC(=O)N[C@](C)(C#N)C2CC2)nc2ccccc2c1=O. The Morgan fingerprint density at radius 1 is 1.25 bits per heavy atom. The van der Waals surface area contributed by atoms with Gasteiger partial charge in [-0.2, -0.15) is 5.26 Å². The van der Waals surface area contributed by atoms with Crippen LogP contribution < -0.4 is 10.9 Å². The van der Waals surface area contributed by atoms with E-state index in [0.29, 0.717) is 16.1 Å².